The highest BCUT2D eigenvalue weighted by Gasteiger charge is 2.37. The maximum atomic E-state index is 14.0. The van der Waals surface area contributed by atoms with E-state index in [1.165, 1.54) is 11.9 Å². The summed E-state index contributed by atoms with van der Waals surface area (Å²) >= 11 is 0. The number of carbonyl (C=O) groups is 2. The van der Waals surface area contributed by atoms with Crippen molar-refractivity contribution in [3.63, 3.8) is 0 Å². The van der Waals surface area contributed by atoms with Gasteiger partial charge in [0.1, 0.15) is 12.4 Å². The molecule has 1 aliphatic heterocycles. The number of hydrogen-bond acceptors (Lipinski definition) is 4. The number of nitrogens with zero attached hydrogens (tertiary/aromatic N) is 1. The third-order valence-corrected chi connectivity index (χ3v) is 4.71. The van der Waals surface area contributed by atoms with E-state index in [1.807, 2.05) is 25.1 Å². The zero-order chi connectivity index (χ0) is 21.8. The van der Waals surface area contributed by atoms with Gasteiger partial charge in [-0.15, -0.1) is 0 Å². The first-order valence-electron chi connectivity index (χ1n) is 9.40. The van der Waals surface area contributed by atoms with E-state index in [4.69, 9.17) is 9.47 Å². The van der Waals surface area contributed by atoms with Gasteiger partial charge in [0.25, 0.3) is 0 Å². The Bertz CT molecular complexity index is 1010. The van der Waals surface area contributed by atoms with Gasteiger partial charge in [0.2, 0.25) is 0 Å². The lowest BCUT2D eigenvalue weighted by atomic mass is 9.94. The monoisotopic (exact) mass is 416 g/mol. The molecule has 1 N–H and O–H groups in total. The smallest absolute Gasteiger partial charge is 0.338 e. The van der Waals surface area contributed by atoms with Gasteiger partial charge in [-0.05, 0) is 31.5 Å². The Morgan fingerprint density at radius 2 is 1.97 bits per heavy atom. The third kappa shape index (κ3) is 4.42. The van der Waals surface area contributed by atoms with E-state index < -0.39 is 29.7 Å². The molecule has 0 radical (unpaired) electrons. The number of ether oxygens (including phenoxy) is 2. The average molecular weight is 416 g/mol. The maximum absolute atomic E-state index is 14.0. The van der Waals surface area contributed by atoms with E-state index in [0.717, 1.165) is 17.7 Å². The minimum atomic E-state index is -0.883. The molecule has 2 amide bonds. The molecule has 0 fully saturated rings. The Kier molecular flexibility index (Phi) is 6.34. The second kappa shape index (κ2) is 8.94. The van der Waals surface area contributed by atoms with Gasteiger partial charge in [0.05, 0.1) is 23.9 Å². The zero-order valence-corrected chi connectivity index (χ0v) is 16.9. The van der Waals surface area contributed by atoms with Crippen LogP contribution in [-0.4, -0.2) is 37.2 Å². The first kappa shape index (κ1) is 21.3. The molecular weight excluding hydrogens is 394 g/mol. The molecule has 1 atom stereocenters. The van der Waals surface area contributed by atoms with Crippen LogP contribution in [0.2, 0.25) is 0 Å². The lowest BCUT2D eigenvalue weighted by Gasteiger charge is -2.34. The summed E-state index contributed by atoms with van der Waals surface area (Å²) in [6.45, 7) is 3.43. The molecule has 0 aromatic heterocycles. The van der Waals surface area contributed by atoms with Crippen molar-refractivity contribution in [2.45, 2.75) is 19.9 Å². The van der Waals surface area contributed by atoms with Crippen molar-refractivity contribution < 1.29 is 27.8 Å². The lowest BCUT2D eigenvalue weighted by molar-refractivity contribution is -0.139. The lowest BCUT2D eigenvalue weighted by Crippen LogP contribution is -2.48. The first-order valence-corrected chi connectivity index (χ1v) is 9.40. The summed E-state index contributed by atoms with van der Waals surface area (Å²) in [6.07, 6.45) is 0. The van der Waals surface area contributed by atoms with Crippen molar-refractivity contribution in [3.05, 3.63) is 76.5 Å². The topological polar surface area (TPSA) is 67.9 Å². The highest BCUT2D eigenvalue weighted by atomic mass is 19.1. The number of likely N-dealkylation sites (N-methyl/N-ethyl adjacent to an activating group) is 1. The number of aryl methyl sites for hydroxylation is 1. The van der Waals surface area contributed by atoms with Crippen molar-refractivity contribution >= 4 is 12.0 Å². The molecule has 3 rings (SSSR count). The Hall–Kier alpha value is -3.42. The Labute approximate surface area is 173 Å². The van der Waals surface area contributed by atoms with E-state index in [9.17, 15) is 18.4 Å². The summed E-state index contributed by atoms with van der Waals surface area (Å²) in [7, 11) is 1.47. The zero-order valence-electron chi connectivity index (χ0n) is 16.9. The van der Waals surface area contributed by atoms with Crippen LogP contribution in [0.1, 0.15) is 24.1 Å². The van der Waals surface area contributed by atoms with Gasteiger partial charge in [-0.1, -0.05) is 29.8 Å². The van der Waals surface area contributed by atoms with Crippen LogP contribution in [0.4, 0.5) is 13.6 Å². The molecule has 2 aromatic rings. The van der Waals surface area contributed by atoms with Gasteiger partial charge >= 0.3 is 12.0 Å². The molecule has 0 saturated carbocycles. The van der Waals surface area contributed by atoms with Gasteiger partial charge in [-0.25, -0.2) is 18.4 Å². The Balaban J connectivity index is 2.04. The summed E-state index contributed by atoms with van der Waals surface area (Å²) in [5.41, 5.74) is 2.07. The number of rotatable bonds is 6. The van der Waals surface area contributed by atoms with Crippen molar-refractivity contribution in [2.24, 2.45) is 0 Å². The number of carbonyl (C=O) groups excluding carboxylic acids is 2. The van der Waals surface area contributed by atoms with Crippen LogP contribution in [0.5, 0.6) is 5.75 Å². The summed E-state index contributed by atoms with van der Waals surface area (Å²) < 4.78 is 37.8. The SMILES string of the molecule is CCOC(=O)C1=C(COc2ccc(F)cc2F)N(C)C(=O)N[C@H]1c1cccc(C)c1. The second-order valence-corrected chi connectivity index (χ2v) is 6.80. The van der Waals surface area contributed by atoms with Crippen LogP contribution in [0.15, 0.2) is 53.7 Å². The minimum Gasteiger partial charge on any atom is -0.484 e. The molecule has 1 aliphatic rings. The molecule has 0 saturated heterocycles. The van der Waals surface area contributed by atoms with E-state index in [-0.39, 0.29) is 30.2 Å². The van der Waals surface area contributed by atoms with E-state index >= 15 is 0 Å². The fraction of sp³-hybridized carbons (Fsp3) is 0.273. The molecule has 8 heteroatoms. The fourth-order valence-corrected chi connectivity index (χ4v) is 3.22. The van der Waals surface area contributed by atoms with Crippen LogP contribution in [0, 0.1) is 18.6 Å². The summed E-state index contributed by atoms with van der Waals surface area (Å²) in [6, 6.07) is 9.06. The molecule has 1 heterocycles. The second-order valence-electron chi connectivity index (χ2n) is 6.80. The van der Waals surface area contributed by atoms with Crippen molar-refractivity contribution in [1.82, 2.24) is 10.2 Å². The van der Waals surface area contributed by atoms with Gasteiger partial charge in [0.15, 0.2) is 11.6 Å². The molecular formula is C22H22F2N2O4. The van der Waals surface area contributed by atoms with E-state index in [1.54, 1.807) is 13.0 Å². The van der Waals surface area contributed by atoms with Crippen molar-refractivity contribution in [2.75, 3.05) is 20.3 Å². The average Bonchev–Trinajstić information content (AvgIpc) is 2.70. The maximum Gasteiger partial charge on any atom is 0.338 e. The summed E-state index contributed by atoms with van der Waals surface area (Å²) in [4.78, 5) is 26.6. The van der Waals surface area contributed by atoms with Crippen LogP contribution >= 0.6 is 0 Å². The summed E-state index contributed by atoms with van der Waals surface area (Å²) in [5.74, 6) is -2.43. The van der Waals surface area contributed by atoms with Crippen LogP contribution in [0.25, 0.3) is 0 Å². The number of hydrogen-bond donors (Lipinski definition) is 1. The van der Waals surface area contributed by atoms with Crippen molar-refractivity contribution in [1.29, 1.82) is 0 Å². The largest absolute Gasteiger partial charge is 0.484 e. The molecule has 158 valence electrons. The minimum absolute atomic E-state index is 0.140. The molecule has 0 spiro atoms. The standard InChI is InChI=1S/C22H22F2N2O4/c1-4-29-21(27)19-17(12-30-18-9-8-15(23)11-16(18)24)26(3)22(28)25-20(19)14-7-5-6-13(2)10-14/h5-11,20H,4,12H2,1-3H3,(H,25,28)/t20-/m0/s1. The number of esters is 1. The van der Waals surface area contributed by atoms with Crippen LogP contribution < -0.4 is 10.1 Å². The number of halogens is 2. The third-order valence-electron chi connectivity index (χ3n) is 4.71. The molecule has 0 unspecified atom stereocenters. The number of amides is 2. The Morgan fingerprint density at radius 3 is 2.63 bits per heavy atom. The number of benzene rings is 2. The molecule has 30 heavy (non-hydrogen) atoms. The van der Waals surface area contributed by atoms with Gasteiger partial charge < -0.3 is 14.8 Å². The molecule has 6 nitrogen and oxygen atoms in total. The van der Waals surface area contributed by atoms with Gasteiger partial charge in [0, 0.05) is 13.1 Å². The number of urea groups is 1. The fourth-order valence-electron chi connectivity index (χ4n) is 3.22. The van der Waals surface area contributed by atoms with Gasteiger partial charge in [-0.3, -0.25) is 4.90 Å². The van der Waals surface area contributed by atoms with E-state index in [0.29, 0.717) is 11.6 Å². The van der Waals surface area contributed by atoms with Crippen LogP contribution in [0.3, 0.4) is 0 Å². The normalized spacial score (nSPS) is 16.4. The van der Waals surface area contributed by atoms with Gasteiger partial charge in [-0.2, -0.15) is 0 Å². The van der Waals surface area contributed by atoms with E-state index in [2.05, 4.69) is 5.32 Å². The highest BCUT2D eigenvalue weighted by molar-refractivity contribution is 5.95. The predicted molar refractivity (Wildman–Crippen MR) is 106 cm³/mol. The predicted octanol–water partition coefficient (Wildman–Crippen LogP) is 3.87. The molecule has 2 aromatic carbocycles. The molecule has 0 bridgehead atoms. The Morgan fingerprint density at radius 1 is 1.20 bits per heavy atom. The highest BCUT2D eigenvalue weighted by Crippen LogP contribution is 2.32. The first-order chi connectivity index (χ1) is 14.3. The van der Waals surface area contributed by atoms with Crippen molar-refractivity contribution in [3.8, 4) is 5.75 Å². The quantitative estimate of drug-likeness (QED) is 0.726. The summed E-state index contributed by atoms with van der Waals surface area (Å²) in [5, 5.41) is 2.80. The number of nitrogens with one attached hydrogen (secondary N) is 1. The molecule has 0 aliphatic carbocycles. The van der Waals surface area contributed by atoms with Crippen LogP contribution in [-0.2, 0) is 9.53 Å².